The maximum atomic E-state index is 11.8. The second-order valence-corrected chi connectivity index (χ2v) is 7.50. The fourth-order valence-corrected chi connectivity index (χ4v) is 3.27. The summed E-state index contributed by atoms with van der Waals surface area (Å²) in [4.78, 5) is 14.2. The molecule has 1 aliphatic carbocycles. The first-order chi connectivity index (χ1) is 14.8. The Bertz CT molecular complexity index is 430. The van der Waals surface area contributed by atoms with Gasteiger partial charge in [0, 0.05) is 26.3 Å². The first kappa shape index (κ1) is 26.9. The number of amides is 1. The smallest absolute Gasteiger partial charge is 0.407 e. The van der Waals surface area contributed by atoms with Gasteiger partial charge < -0.3 is 29.2 Å². The molecule has 30 heavy (non-hydrogen) atoms. The molecule has 0 heterocycles. The van der Waals surface area contributed by atoms with Gasteiger partial charge in [0.15, 0.2) is 0 Å². The lowest BCUT2D eigenvalue weighted by atomic mass is 10.0. The largest absolute Gasteiger partial charge is 0.446 e. The quantitative estimate of drug-likeness (QED) is 0.281. The molecule has 1 atom stereocenters. The van der Waals surface area contributed by atoms with Gasteiger partial charge in [0.25, 0.3) is 0 Å². The molecule has 7 heteroatoms. The van der Waals surface area contributed by atoms with Gasteiger partial charge >= 0.3 is 6.09 Å². The molecule has 0 bridgehead atoms. The van der Waals surface area contributed by atoms with Crippen LogP contribution in [0.25, 0.3) is 0 Å². The van der Waals surface area contributed by atoms with Crippen LogP contribution in [-0.4, -0.2) is 82.9 Å². The molecule has 1 unspecified atom stereocenters. The van der Waals surface area contributed by atoms with Gasteiger partial charge in [-0.1, -0.05) is 26.0 Å². The van der Waals surface area contributed by atoms with Gasteiger partial charge in [-0.15, -0.1) is 0 Å². The van der Waals surface area contributed by atoms with Gasteiger partial charge in [0.2, 0.25) is 0 Å². The van der Waals surface area contributed by atoms with Crippen LogP contribution in [0, 0.1) is 0 Å². The summed E-state index contributed by atoms with van der Waals surface area (Å²) in [6, 6.07) is 0. The number of nitrogens with one attached hydrogen (secondary N) is 1. The number of rotatable bonds is 17. The number of ether oxygens (including phenoxy) is 4. The molecule has 0 aromatic heterocycles. The van der Waals surface area contributed by atoms with E-state index in [1.165, 1.54) is 0 Å². The van der Waals surface area contributed by atoms with E-state index in [-0.39, 0.29) is 12.2 Å². The molecular formula is C23H44N2O5. The van der Waals surface area contributed by atoms with Crippen LogP contribution in [0.4, 0.5) is 4.79 Å². The lowest BCUT2D eigenvalue weighted by Gasteiger charge is -2.18. The SMILES string of the molecule is CCN(CC)CCCOCCOCCOCCCNC(=O)OC1CC/C=C/CCC1. The van der Waals surface area contributed by atoms with Crippen molar-refractivity contribution >= 4 is 6.09 Å². The number of hydrogen-bond acceptors (Lipinski definition) is 6. The minimum absolute atomic E-state index is 0.0368. The van der Waals surface area contributed by atoms with E-state index in [1.54, 1.807) is 0 Å². The Morgan fingerprint density at radius 3 is 2.23 bits per heavy atom. The highest BCUT2D eigenvalue weighted by molar-refractivity contribution is 5.67. The molecule has 1 N–H and O–H groups in total. The standard InChI is InChI=1S/C23H44N2O5/c1-3-25(4-2)15-11-17-28-19-21-29-20-18-27-16-10-14-24-23(26)30-22-12-8-6-5-7-9-13-22/h5-6,22H,3-4,7-21H2,1-2H3,(H,24,26)/b6-5+. The zero-order valence-corrected chi connectivity index (χ0v) is 19.2. The number of carbonyl (C=O) groups excluding carboxylic acids is 1. The zero-order valence-electron chi connectivity index (χ0n) is 19.2. The summed E-state index contributed by atoms with van der Waals surface area (Å²) in [7, 11) is 0. The van der Waals surface area contributed by atoms with Crippen molar-refractivity contribution in [1.82, 2.24) is 10.2 Å². The summed E-state index contributed by atoms with van der Waals surface area (Å²) < 4.78 is 22.1. The Kier molecular flexibility index (Phi) is 17.7. The summed E-state index contributed by atoms with van der Waals surface area (Å²) in [6.45, 7) is 11.9. The van der Waals surface area contributed by atoms with Crippen LogP contribution >= 0.6 is 0 Å². The minimum atomic E-state index is -0.315. The van der Waals surface area contributed by atoms with Crippen LogP contribution in [0.1, 0.15) is 58.8 Å². The van der Waals surface area contributed by atoms with Crippen molar-refractivity contribution < 1.29 is 23.7 Å². The highest BCUT2D eigenvalue weighted by atomic mass is 16.6. The van der Waals surface area contributed by atoms with E-state index < -0.39 is 0 Å². The van der Waals surface area contributed by atoms with E-state index in [0.717, 1.165) is 71.2 Å². The minimum Gasteiger partial charge on any atom is -0.446 e. The molecular weight excluding hydrogens is 384 g/mol. The molecule has 0 aliphatic heterocycles. The van der Waals surface area contributed by atoms with Gasteiger partial charge in [-0.25, -0.2) is 4.79 Å². The second kappa shape index (κ2) is 19.8. The maximum Gasteiger partial charge on any atom is 0.407 e. The van der Waals surface area contributed by atoms with Gasteiger partial charge in [-0.05, 0) is 58.0 Å². The van der Waals surface area contributed by atoms with Crippen molar-refractivity contribution in [2.24, 2.45) is 0 Å². The lowest BCUT2D eigenvalue weighted by Crippen LogP contribution is -2.30. The third-order valence-electron chi connectivity index (χ3n) is 5.13. The second-order valence-electron chi connectivity index (χ2n) is 7.50. The summed E-state index contributed by atoms with van der Waals surface area (Å²) in [6.07, 6.45) is 10.9. The van der Waals surface area contributed by atoms with Crippen LogP contribution < -0.4 is 5.32 Å². The average molecular weight is 429 g/mol. The zero-order chi connectivity index (χ0) is 21.7. The van der Waals surface area contributed by atoms with Gasteiger partial charge in [0.05, 0.1) is 26.4 Å². The molecule has 0 aromatic carbocycles. The van der Waals surface area contributed by atoms with Crippen molar-refractivity contribution in [2.45, 2.75) is 64.9 Å². The predicted molar refractivity (Wildman–Crippen MR) is 120 cm³/mol. The number of carbonyl (C=O) groups is 1. The van der Waals surface area contributed by atoms with E-state index in [4.69, 9.17) is 18.9 Å². The summed E-state index contributed by atoms with van der Waals surface area (Å²) in [5.74, 6) is 0. The molecule has 0 spiro atoms. The van der Waals surface area contributed by atoms with Crippen LogP contribution in [-0.2, 0) is 18.9 Å². The summed E-state index contributed by atoms with van der Waals surface area (Å²) >= 11 is 0. The van der Waals surface area contributed by atoms with Crippen LogP contribution in [0.5, 0.6) is 0 Å². The van der Waals surface area contributed by atoms with Crippen molar-refractivity contribution in [3.05, 3.63) is 12.2 Å². The van der Waals surface area contributed by atoms with Crippen LogP contribution in [0.15, 0.2) is 12.2 Å². The number of hydrogen-bond donors (Lipinski definition) is 1. The molecule has 0 fully saturated rings. The topological polar surface area (TPSA) is 69.3 Å². The Hall–Kier alpha value is -1.15. The highest BCUT2D eigenvalue weighted by Crippen LogP contribution is 2.15. The lowest BCUT2D eigenvalue weighted by molar-refractivity contribution is 0.0127. The van der Waals surface area contributed by atoms with Crippen molar-refractivity contribution in [3.8, 4) is 0 Å². The first-order valence-corrected chi connectivity index (χ1v) is 11.8. The predicted octanol–water partition coefficient (Wildman–Crippen LogP) is 3.77. The fraction of sp³-hybridized carbons (Fsp3) is 0.870. The van der Waals surface area contributed by atoms with E-state index in [1.807, 2.05) is 0 Å². The Morgan fingerprint density at radius 1 is 0.900 bits per heavy atom. The van der Waals surface area contributed by atoms with Crippen molar-refractivity contribution in [2.75, 3.05) is 65.8 Å². The molecule has 176 valence electrons. The van der Waals surface area contributed by atoms with Gasteiger partial charge in [0.1, 0.15) is 6.10 Å². The number of alkyl carbamates (subject to hydrolysis) is 1. The first-order valence-electron chi connectivity index (χ1n) is 11.8. The van der Waals surface area contributed by atoms with E-state index in [0.29, 0.717) is 39.6 Å². The third-order valence-corrected chi connectivity index (χ3v) is 5.13. The van der Waals surface area contributed by atoms with E-state index >= 15 is 0 Å². The maximum absolute atomic E-state index is 11.8. The summed E-state index contributed by atoms with van der Waals surface area (Å²) in [5.41, 5.74) is 0. The van der Waals surface area contributed by atoms with Gasteiger partial charge in [-0.2, -0.15) is 0 Å². The molecule has 7 nitrogen and oxygen atoms in total. The highest BCUT2D eigenvalue weighted by Gasteiger charge is 2.14. The third kappa shape index (κ3) is 15.7. The normalized spacial score (nSPS) is 18.0. The fourth-order valence-electron chi connectivity index (χ4n) is 3.27. The number of allylic oxidation sites excluding steroid dienone is 2. The molecule has 0 radical (unpaired) electrons. The Morgan fingerprint density at radius 2 is 1.53 bits per heavy atom. The molecule has 1 amide bonds. The Balaban J connectivity index is 1.81. The molecule has 0 aromatic rings. The molecule has 0 saturated heterocycles. The van der Waals surface area contributed by atoms with E-state index in [2.05, 4.69) is 36.2 Å². The van der Waals surface area contributed by atoms with Crippen LogP contribution in [0.3, 0.4) is 0 Å². The average Bonchev–Trinajstić information content (AvgIpc) is 2.73. The Labute approximate surface area is 183 Å². The van der Waals surface area contributed by atoms with Crippen molar-refractivity contribution in [3.63, 3.8) is 0 Å². The van der Waals surface area contributed by atoms with Gasteiger partial charge in [-0.3, -0.25) is 0 Å². The van der Waals surface area contributed by atoms with Crippen molar-refractivity contribution in [1.29, 1.82) is 0 Å². The molecule has 1 aliphatic rings. The molecule has 0 saturated carbocycles. The number of nitrogens with zero attached hydrogens (tertiary/aromatic N) is 1. The monoisotopic (exact) mass is 428 g/mol. The summed E-state index contributed by atoms with van der Waals surface area (Å²) in [5, 5.41) is 2.81. The van der Waals surface area contributed by atoms with E-state index in [9.17, 15) is 4.79 Å². The molecule has 1 rings (SSSR count). The van der Waals surface area contributed by atoms with Crippen LogP contribution in [0.2, 0.25) is 0 Å².